The Morgan fingerprint density at radius 1 is 1.44 bits per heavy atom. The summed E-state index contributed by atoms with van der Waals surface area (Å²) in [4.78, 5) is 21.8. The van der Waals surface area contributed by atoms with Gasteiger partial charge in [-0.15, -0.1) is 0 Å². The number of amides is 1. The number of aryl methyl sites for hydroxylation is 1. The summed E-state index contributed by atoms with van der Waals surface area (Å²) in [6, 6.07) is 1.65. The SMILES string of the molecule is Cc1nsnc1C(=O)N(C)C(C)c1ccncn1. The Labute approximate surface area is 109 Å². The maximum absolute atomic E-state index is 12.2. The predicted octanol–water partition coefficient (Wildman–Crippen LogP) is 1.47. The van der Waals surface area contributed by atoms with E-state index in [2.05, 4.69) is 18.7 Å². The topological polar surface area (TPSA) is 71.9 Å². The van der Waals surface area contributed by atoms with Crippen LogP contribution in [0.2, 0.25) is 0 Å². The van der Waals surface area contributed by atoms with Gasteiger partial charge in [0, 0.05) is 13.2 Å². The minimum Gasteiger partial charge on any atom is -0.332 e. The van der Waals surface area contributed by atoms with Gasteiger partial charge in [-0.2, -0.15) is 8.75 Å². The summed E-state index contributed by atoms with van der Waals surface area (Å²) in [7, 11) is 1.73. The molecule has 0 saturated heterocycles. The molecule has 2 aromatic heterocycles. The lowest BCUT2D eigenvalue weighted by molar-refractivity contribution is 0.0734. The number of aromatic nitrogens is 4. The van der Waals surface area contributed by atoms with E-state index in [1.54, 1.807) is 31.1 Å². The zero-order chi connectivity index (χ0) is 13.1. The molecule has 18 heavy (non-hydrogen) atoms. The maximum atomic E-state index is 12.2. The number of rotatable bonds is 3. The third kappa shape index (κ3) is 2.35. The summed E-state index contributed by atoms with van der Waals surface area (Å²) in [6.45, 7) is 3.69. The second-order valence-electron chi connectivity index (χ2n) is 3.92. The summed E-state index contributed by atoms with van der Waals surface area (Å²) in [5.74, 6) is -0.146. The van der Waals surface area contributed by atoms with Crippen LogP contribution in [0, 0.1) is 6.92 Å². The molecular formula is C11H13N5OS. The van der Waals surface area contributed by atoms with E-state index in [1.807, 2.05) is 6.92 Å². The molecule has 0 N–H and O–H groups in total. The average molecular weight is 263 g/mol. The smallest absolute Gasteiger partial charge is 0.275 e. The van der Waals surface area contributed by atoms with Gasteiger partial charge in [-0.05, 0) is 19.9 Å². The Morgan fingerprint density at radius 3 is 2.78 bits per heavy atom. The molecule has 0 aliphatic carbocycles. The van der Waals surface area contributed by atoms with E-state index in [4.69, 9.17) is 0 Å². The standard InChI is InChI=1S/C11H13N5OS/c1-7-10(15-18-14-7)11(17)16(3)8(2)9-4-5-12-6-13-9/h4-6,8H,1-3H3. The minimum atomic E-state index is -0.146. The van der Waals surface area contributed by atoms with E-state index >= 15 is 0 Å². The highest BCUT2D eigenvalue weighted by Gasteiger charge is 2.23. The van der Waals surface area contributed by atoms with Crippen molar-refractivity contribution in [3.63, 3.8) is 0 Å². The molecule has 6 nitrogen and oxygen atoms in total. The molecule has 0 radical (unpaired) electrons. The first-order chi connectivity index (χ1) is 8.61. The van der Waals surface area contributed by atoms with Crippen LogP contribution in [-0.4, -0.2) is 36.6 Å². The molecule has 0 bridgehead atoms. The van der Waals surface area contributed by atoms with Gasteiger partial charge in [0.2, 0.25) is 0 Å². The maximum Gasteiger partial charge on any atom is 0.275 e. The zero-order valence-corrected chi connectivity index (χ0v) is 11.2. The van der Waals surface area contributed by atoms with Gasteiger partial charge in [-0.3, -0.25) is 4.79 Å². The van der Waals surface area contributed by atoms with Crippen LogP contribution in [-0.2, 0) is 0 Å². The van der Waals surface area contributed by atoms with Crippen LogP contribution < -0.4 is 0 Å². The first-order valence-electron chi connectivity index (χ1n) is 5.43. The predicted molar refractivity (Wildman–Crippen MR) is 67.2 cm³/mol. The van der Waals surface area contributed by atoms with Gasteiger partial charge in [-0.1, -0.05) is 0 Å². The Hall–Kier alpha value is -1.89. The van der Waals surface area contributed by atoms with Crippen LogP contribution in [0.15, 0.2) is 18.6 Å². The molecule has 0 aliphatic rings. The molecule has 7 heteroatoms. The highest BCUT2D eigenvalue weighted by atomic mass is 32.1. The van der Waals surface area contributed by atoms with E-state index in [0.29, 0.717) is 11.4 Å². The first-order valence-corrected chi connectivity index (χ1v) is 6.16. The molecule has 2 rings (SSSR count). The summed E-state index contributed by atoms with van der Waals surface area (Å²) >= 11 is 1.05. The quantitative estimate of drug-likeness (QED) is 0.838. The number of hydrogen-bond donors (Lipinski definition) is 0. The van der Waals surface area contributed by atoms with Crippen LogP contribution in [0.5, 0.6) is 0 Å². The fraction of sp³-hybridized carbons (Fsp3) is 0.364. The van der Waals surface area contributed by atoms with Crippen molar-refractivity contribution in [2.45, 2.75) is 19.9 Å². The van der Waals surface area contributed by atoms with Crippen molar-refractivity contribution in [2.75, 3.05) is 7.05 Å². The normalized spacial score (nSPS) is 12.2. The highest BCUT2D eigenvalue weighted by molar-refractivity contribution is 6.99. The number of hydrogen-bond acceptors (Lipinski definition) is 6. The third-order valence-electron chi connectivity index (χ3n) is 2.79. The number of carbonyl (C=O) groups is 1. The van der Waals surface area contributed by atoms with Crippen molar-refractivity contribution in [3.05, 3.63) is 35.7 Å². The highest BCUT2D eigenvalue weighted by Crippen LogP contribution is 2.18. The summed E-state index contributed by atoms with van der Waals surface area (Å²) < 4.78 is 8.03. The largest absolute Gasteiger partial charge is 0.332 e. The van der Waals surface area contributed by atoms with Gasteiger partial charge >= 0.3 is 0 Å². The van der Waals surface area contributed by atoms with Gasteiger partial charge in [0.05, 0.1) is 29.2 Å². The molecular weight excluding hydrogens is 250 g/mol. The Kier molecular flexibility index (Phi) is 3.61. The molecule has 0 saturated carbocycles. The van der Waals surface area contributed by atoms with E-state index < -0.39 is 0 Å². The fourth-order valence-electron chi connectivity index (χ4n) is 1.51. The van der Waals surface area contributed by atoms with Gasteiger partial charge in [0.25, 0.3) is 5.91 Å². The van der Waals surface area contributed by atoms with Crippen molar-refractivity contribution in [3.8, 4) is 0 Å². The number of nitrogens with zero attached hydrogens (tertiary/aromatic N) is 5. The minimum absolute atomic E-state index is 0.137. The second-order valence-corrected chi connectivity index (χ2v) is 4.45. The molecule has 94 valence electrons. The van der Waals surface area contributed by atoms with Crippen LogP contribution in [0.4, 0.5) is 0 Å². The lowest BCUT2D eigenvalue weighted by Crippen LogP contribution is -2.30. The molecule has 1 atom stereocenters. The molecule has 2 heterocycles. The Morgan fingerprint density at radius 2 is 2.22 bits per heavy atom. The molecule has 2 aromatic rings. The van der Waals surface area contributed by atoms with Crippen molar-refractivity contribution in [1.82, 2.24) is 23.6 Å². The lowest BCUT2D eigenvalue weighted by Gasteiger charge is -2.23. The van der Waals surface area contributed by atoms with Gasteiger partial charge < -0.3 is 4.90 Å². The average Bonchev–Trinajstić information content (AvgIpc) is 2.83. The zero-order valence-electron chi connectivity index (χ0n) is 10.4. The monoisotopic (exact) mass is 263 g/mol. The molecule has 1 unspecified atom stereocenters. The second kappa shape index (κ2) is 5.18. The molecule has 1 amide bonds. The summed E-state index contributed by atoms with van der Waals surface area (Å²) in [5, 5.41) is 0. The van der Waals surface area contributed by atoms with E-state index in [1.165, 1.54) is 6.33 Å². The third-order valence-corrected chi connectivity index (χ3v) is 3.41. The van der Waals surface area contributed by atoms with Crippen LogP contribution in [0.3, 0.4) is 0 Å². The van der Waals surface area contributed by atoms with Crippen molar-refractivity contribution >= 4 is 17.6 Å². The number of carbonyl (C=O) groups excluding carboxylic acids is 1. The van der Waals surface area contributed by atoms with E-state index in [0.717, 1.165) is 17.4 Å². The van der Waals surface area contributed by atoms with E-state index in [-0.39, 0.29) is 11.9 Å². The van der Waals surface area contributed by atoms with Gasteiger partial charge in [-0.25, -0.2) is 9.97 Å². The Bertz CT molecular complexity index is 541. The first kappa shape index (κ1) is 12.6. The van der Waals surface area contributed by atoms with Crippen molar-refractivity contribution < 1.29 is 4.79 Å². The summed E-state index contributed by atoms with van der Waals surface area (Å²) in [5.41, 5.74) is 1.86. The van der Waals surface area contributed by atoms with Crippen molar-refractivity contribution in [1.29, 1.82) is 0 Å². The molecule has 0 aromatic carbocycles. The Balaban J connectivity index is 2.20. The molecule has 0 aliphatic heterocycles. The molecule has 0 spiro atoms. The van der Waals surface area contributed by atoms with E-state index in [9.17, 15) is 4.79 Å². The van der Waals surface area contributed by atoms with Crippen LogP contribution in [0.1, 0.15) is 34.8 Å². The van der Waals surface area contributed by atoms with Gasteiger partial charge in [0.1, 0.15) is 6.33 Å². The van der Waals surface area contributed by atoms with Crippen LogP contribution in [0.25, 0.3) is 0 Å². The van der Waals surface area contributed by atoms with Crippen molar-refractivity contribution in [2.24, 2.45) is 0 Å². The summed E-state index contributed by atoms with van der Waals surface area (Å²) in [6.07, 6.45) is 3.13. The molecule has 0 fully saturated rings. The van der Waals surface area contributed by atoms with Crippen LogP contribution >= 0.6 is 11.7 Å². The van der Waals surface area contributed by atoms with Gasteiger partial charge in [0.15, 0.2) is 5.69 Å². The lowest BCUT2D eigenvalue weighted by atomic mass is 10.2. The fourth-order valence-corrected chi connectivity index (χ4v) is 2.06.